The molecule has 1 atom stereocenters. The molecule has 1 aliphatic rings. The van der Waals surface area contributed by atoms with E-state index in [1.165, 1.54) is 5.56 Å². The van der Waals surface area contributed by atoms with Crippen molar-refractivity contribution in [2.45, 2.75) is 37.1 Å². The zero-order valence-electron chi connectivity index (χ0n) is 13.1. The van der Waals surface area contributed by atoms with Gasteiger partial charge in [-0.15, -0.1) is 11.3 Å². The van der Waals surface area contributed by atoms with Crippen molar-refractivity contribution in [1.29, 1.82) is 0 Å². The number of aromatic nitrogens is 1. The second-order valence-corrected chi connectivity index (χ2v) is 8.35. The number of thiazole rings is 1. The first kappa shape index (κ1) is 16.4. The molecule has 0 amide bonds. The van der Waals surface area contributed by atoms with Gasteiger partial charge in [0.05, 0.1) is 4.90 Å². The summed E-state index contributed by atoms with van der Waals surface area (Å²) in [5, 5.41) is 2.89. The van der Waals surface area contributed by atoms with Gasteiger partial charge >= 0.3 is 0 Å². The van der Waals surface area contributed by atoms with Gasteiger partial charge in [0.2, 0.25) is 10.0 Å². The summed E-state index contributed by atoms with van der Waals surface area (Å²) in [6, 6.07) is 7.12. The third-order valence-corrected chi connectivity index (χ3v) is 6.34. The number of nitrogens with one attached hydrogen (secondary N) is 1. The first-order valence-corrected chi connectivity index (χ1v) is 10.2. The fraction of sp³-hybridized carbons (Fsp3) is 0.438. The molecule has 23 heavy (non-hydrogen) atoms. The predicted molar refractivity (Wildman–Crippen MR) is 93.5 cm³/mol. The molecule has 1 fully saturated rings. The highest BCUT2D eigenvalue weighted by Gasteiger charge is 2.28. The number of aryl methyl sites for hydroxylation is 1. The molecule has 7 heteroatoms. The van der Waals surface area contributed by atoms with E-state index in [4.69, 9.17) is 0 Å². The Labute approximate surface area is 141 Å². The first-order chi connectivity index (χ1) is 11.1. The Morgan fingerprint density at radius 1 is 1.35 bits per heavy atom. The molecule has 1 aromatic heterocycles. The van der Waals surface area contributed by atoms with Gasteiger partial charge in [-0.05, 0) is 30.5 Å². The normalized spacial score (nSPS) is 18.5. The molecule has 124 valence electrons. The van der Waals surface area contributed by atoms with Gasteiger partial charge in [0.15, 0.2) is 5.13 Å². The summed E-state index contributed by atoms with van der Waals surface area (Å²) in [6.45, 7) is 3.61. The van der Waals surface area contributed by atoms with Crippen molar-refractivity contribution in [3.63, 3.8) is 0 Å². The van der Waals surface area contributed by atoms with Crippen LogP contribution in [0.1, 0.15) is 25.3 Å². The minimum Gasteiger partial charge on any atom is -0.346 e. The van der Waals surface area contributed by atoms with Crippen LogP contribution in [0.4, 0.5) is 5.13 Å². The largest absolute Gasteiger partial charge is 0.346 e. The van der Waals surface area contributed by atoms with Crippen LogP contribution >= 0.6 is 11.3 Å². The zero-order chi connectivity index (χ0) is 16.3. The summed E-state index contributed by atoms with van der Waals surface area (Å²) in [6.07, 6.45) is 4.60. The highest BCUT2D eigenvalue weighted by molar-refractivity contribution is 7.89. The maximum atomic E-state index is 12.5. The predicted octanol–water partition coefficient (Wildman–Crippen LogP) is 2.65. The number of nitrogens with zero attached hydrogens (tertiary/aromatic N) is 2. The molecule has 3 rings (SSSR count). The molecular weight excluding hydrogens is 330 g/mol. The summed E-state index contributed by atoms with van der Waals surface area (Å²) in [7, 11) is -3.46. The lowest BCUT2D eigenvalue weighted by molar-refractivity contribution is 0.561. The van der Waals surface area contributed by atoms with Gasteiger partial charge in [0.1, 0.15) is 0 Å². The van der Waals surface area contributed by atoms with Crippen LogP contribution in [0.25, 0.3) is 0 Å². The van der Waals surface area contributed by atoms with Gasteiger partial charge in [0, 0.05) is 30.7 Å². The van der Waals surface area contributed by atoms with Crippen LogP contribution in [0.15, 0.2) is 40.7 Å². The van der Waals surface area contributed by atoms with Crippen molar-refractivity contribution in [2.75, 3.05) is 18.0 Å². The van der Waals surface area contributed by atoms with Crippen molar-refractivity contribution in [3.8, 4) is 0 Å². The van der Waals surface area contributed by atoms with Crippen LogP contribution in [-0.4, -0.2) is 32.5 Å². The molecule has 0 aliphatic carbocycles. The van der Waals surface area contributed by atoms with E-state index in [2.05, 4.69) is 21.5 Å². The van der Waals surface area contributed by atoms with E-state index in [-0.39, 0.29) is 6.04 Å². The third-order valence-electron chi connectivity index (χ3n) is 3.97. The van der Waals surface area contributed by atoms with Crippen molar-refractivity contribution >= 4 is 26.5 Å². The minimum absolute atomic E-state index is 0.0702. The van der Waals surface area contributed by atoms with Crippen molar-refractivity contribution in [2.24, 2.45) is 0 Å². The molecule has 0 bridgehead atoms. The van der Waals surface area contributed by atoms with Crippen LogP contribution < -0.4 is 9.62 Å². The molecule has 0 spiro atoms. The van der Waals surface area contributed by atoms with Gasteiger partial charge in [-0.1, -0.05) is 25.5 Å². The summed E-state index contributed by atoms with van der Waals surface area (Å²) >= 11 is 1.58. The van der Waals surface area contributed by atoms with E-state index < -0.39 is 10.0 Å². The molecule has 1 aromatic carbocycles. The van der Waals surface area contributed by atoms with Crippen LogP contribution in [0, 0.1) is 0 Å². The standard InChI is InChI=1S/C16H21N3O2S2/c1-2-3-13-4-6-15(7-5-13)23(20,21)18-14-8-10-19(12-14)16-17-9-11-22-16/h4-7,9,11,14,18H,2-3,8,10,12H2,1H3. The Morgan fingerprint density at radius 2 is 2.13 bits per heavy atom. The molecule has 2 aromatic rings. The lowest BCUT2D eigenvalue weighted by Gasteiger charge is -2.16. The third kappa shape index (κ3) is 3.91. The van der Waals surface area contributed by atoms with E-state index >= 15 is 0 Å². The van der Waals surface area contributed by atoms with Gasteiger partial charge in [-0.3, -0.25) is 0 Å². The van der Waals surface area contributed by atoms with E-state index in [9.17, 15) is 8.42 Å². The number of hydrogen-bond donors (Lipinski definition) is 1. The van der Waals surface area contributed by atoms with Crippen LogP contribution in [0.5, 0.6) is 0 Å². The van der Waals surface area contributed by atoms with Crippen LogP contribution in [0.2, 0.25) is 0 Å². The number of hydrogen-bond acceptors (Lipinski definition) is 5. The van der Waals surface area contributed by atoms with Crippen LogP contribution in [-0.2, 0) is 16.4 Å². The average molecular weight is 351 g/mol. The van der Waals surface area contributed by atoms with E-state index in [0.717, 1.165) is 30.9 Å². The molecule has 5 nitrogen and oxygen atoms in total. The molecule has 1 N–H and O–H groups in total. The Kier molecular flexibility index (Phi) is 4.99. The second kappa shape index (κ2) is 6.98. The van der Waals surface area contributed by atoms with Crippen molar-refractivity contribution in [3.05, 3.63) is 41.4 Å². The Bertz CT molecular complexity index is 727. The molecule has 0 saturated carbocycles. The average Bonchev–Trinajstić information content (AvgIpc) is 3.19. The summed E-state index contributed by atoms with van der Waals surface area (Å²) < 4.78 is 27.8. The van der Waals surface area contributed by atoms with Gasteiger partial charge in [0.25, 0.3) is 0 Å². The maximum absolute atomic E-state index is 12.5. The van der Waals surface area contributed by atoms with Gasteiger partial charge in [-0.2, -0.15) is 0 Å². The summed E-state index contributed by atoms with van der Waals surface area (Å²) in [5.74, 6) is 0. The SMILES string of the molecule is CCCc1ccc(S(=O)(=O)NC2CCN(c3nccs3)C2)cc1. The molecule has 1 saturated heterocycles. The molecule has 1 unspecified atom stereocenters. The topological polar surface area (TPSA) is 62.3 Å². The van der Waals surface area contributed by atoms with Gasteiger partial charge < -0.3 is 4.90 Å². The second-order valence-electron chi connectivity index (χ2n) is 5.76. The quantitative estimate of drug-likeness (QED) is 0.869. The van der Waals surface area contributed by atoms with Gasteiger partial charge in [-0.25, -0.2) is 18.1 Å². The van der Waals surface area contributed by atoms with Crippen molar-refractivity contribution < 1.29 is 8.42 Å². The molecule has 1 aliphatic heterocycles. The number of anilines is 1. The highest BCUT2D eigenvalue weighted by atomic mass is 32.2. The minimum atomic E-state index is -3.46. The maximum Gasteiger partial charge on any atom is 0.240 e. The fourth-order valence-electron chi connectivity index (χ4n) is 2.81. The van der Waals surface area contributed by atoms with Crippen LogP contribution in [0.3, 0.4) is 0 Å². The molecule has 0 radical (unpaired) electrons. The number of rotatable bonds is 6. The van der Waals surface area contributed by atoms with E-state index in [1.54, 1.807) is 29.7 Å². The fourth-order valence-corrected chi connectivity index (χ4v) is 4.76. The Balaban J connectivity index is 1.64. The first-order valence-electron chi connectivity index (χ1n) is 7.84. The lowest BCUT2D eigenvalue weighted by Crippen LogP contribution is -2.37. The van der Waals surface area contributed by atoms with Crippen molar-refractivity contribution in [1.82, 2.24) is 9.71 Å². The molecule has 2 heterocycles. The van der Waals surface area contributed by atoms with E-state index in [0.29, 0.717) is 11.4 Å². The lowest BCUT2D eigenvalue weighted by atomic mass is 10.1. The van der Waals surface area contributed by atoms with E-state index in [1.807, 2.05) is 17.5 Å². The number of benzene rings is 1. The summed E-state index contributed by atoms with van der Waals surface area (Å²) in [5.41, 5.74) is 1.17. The highest BCUT2D eigenvalue weighted by Crippen LogP contribution is 2.23. The smallest absolute Gasteiger partial charge is 0.240 e. The molecular formula is C16H21N3O2S2. The Hall–Kier alpha value is -1.44. The Morgan fingerprint density at radius 3 is 2.78 bits per heavy atom. The number of sulfonamides is 1. The zero-order valence-corrected chi connectivity index (χ0v) is 14.7. The monoisotopic (exact) mass is 351 g/mol. The summed E-state index contributed by atoms with van der Waals surface area (Å²) in [4.78, 5) is 6.75.